The molecule has 43 heavy (non-hydrogen) atoms. The molecule has 2 N–H and O–H groups in total. The van der Waals surface area contributed by atoms with Crippen LogP contribution in [-0.2, 0) is 16.9 Å². The standard InChI is InChI=1S/C28H32FN3O4.C6H5Cl/c1-2-28(35,18-6-4-3-5-7-18)19-10-23-25(24(29)11-19)27(36-22-12-21(33)13-22)32(26(23)34)16-20-9-8-17(14-30)15-31-20;7-6-4-2-1-3-5-6/h8-11,15,18,21-22,27,33,35H,2-7,12-13,16H2,1H3;1-5H. The third-order valence-electron chi connectivity index (χ3n) is 8.88. The Morgan fingerprint density at radius 3 is 2.42 bits per heavy atom. The van der Waals surface area contributed by atoms with Crippen LogP contribution in [0.25, 0.3) is 0 Å². The van der Waals surface area contributed by atoms with Crippen molar-refractivity contribution in [3.8, 4) is 6.07 Å². The number of pyridine rings is 1. The van der Waals surface area contributed by atoms with E-state index in [-0.39, 0.29) is 35.6 Å². The second-order valence-corrected chi connectivity index (χ2v) is 12.1. The number of nitrogens with zero attached hydrogens (tertiary/aromatic N) is 3. The van der Waals surface area contributed by atoms with E-state index in [9.17, 15) is 15.0 Å². The van der Waals surface area contributed by atoms with Gasteiger partial charge in [-0.15, -0.1) is 0 Å². The third-order valence-corrected chi connectivity index (χ3v) is 9.13. The molecule has 7 nitrogen and oxygen atoms in total. The molecule has 2 heterocycles. The van der Waals surface area contributed by atoms with E-state index in [1.165, 1.54) is 17.2 Å². The quantitative estimate of drug-likeness (QED) is 0.307. The van der Waals surface area contributed by atoms with Crippen LogP contribution in [-0.4, -0.2) is 38.2 Å². The van der Waals surface area contributed by atoms with Crippen LogP contribution in [0.2, 0.25) is 5.02 Å². The lowest BCUT2D eigenvalue weighted by Crippen LogP contribution is -2.39. The van der Waals surface area contributed by atoms with Crippen LogP contribution in [0.1, 0.15) is 97.3 Å². The molecule has 1 aliphatic heterocycles. The van der Waals surface area contributed by atoms with Gasteiger partial charge in [0.2, 0.25) is 0 Å². The predicted molar refractivity (Wildman–Crippen MR) is 160 cm³/mol. The molecule has 3 aromatic rings. The molecule has 6 rings (SSSR count). The zero-order chi connectivity index (χ0) is 30.6. The largest absolute Gasteiger partial charge is 0.393 e. The summed E-state index contributed by atoms with van der Waals surface area (Å²) < 4.78 is 22.0. The molecule has 1 amide bonds. The minimum atomic E-state index is -1.20. The summed E-state index contributed by atoms with van der Waals surface area (Å²) in [5.74, 6) is -0.935. The average Bonchev–Trinajstić information content (AvgIpc) is 3.27. The molecule has 3 aliphatic rings. The molecule has 0 radical (unpaired) electrons. The number of aromatic nitrogens is 1. The first-order chi connectivity index (χ1) is 20.7. The molecule has 2 unspecified atom stereocenters. The number of amides is 1. The maximum Gasteiger partial charge on any atom is 0.257 e. The monoisotopic (exact) mass is 605 g/mol. The average molecular weight is 606 g/mol. The van der Waals surface area contributed by atoms with Crippen molar-refractivity contribution in [2.45, 2.75) is 88.9 Å². The molecular formula is C34H37ClFN3O4. The molecular weight excluding hydrogens is 569 g/mol. The van der Waals surface area contributed by atoms with Crippen LogP contribution < -0.4 is 0 Å². The molecule has 2 fully saturated rings. The second kappa shape index (κ2) is 13.5. The van der Waals surface area contributed by atoms with Crippen molar-refractivity contribution in [2.75, 3.05) is 0 Å². The Morgan fingerprint density at radius 1 is 1.14 bits per heavy atom. The SMILES string of the molecule is CCC(O)(c1cc(F)c2c(c1)C(=O)N(Cc1ccc(C#N)cn1)C2OC1CC(O)C1)C1CCCCC1.Clc1ccccc1. The van der Waals surface area contributed by atoms with Gasteiger partial charge in [-0.3, -0.25) is 9.78 Å². The van der Waals surface area contributed by atoms with Gasteiger partial charge in [0.15, 0.2) is 6.23 Å². The first-order valence-electron chi connectivity index (χ1n) is 15.0. The normalized spacial score (nSPS) is 22.9. The van der Waals surface area contributed by atoms with Gasteiger partial charge < -0.3 is 19.8 Å². The lowest BCUT2D eigenvalue weighted by molar-refractivity contribution is -0.144. The highest BCUT2D eigenvalue weighted by atomic mass is 35.5. The van der Waals surface area contributed by atoms with Gasteiger partial charge in [0.25, 0.3) is 5.91 Å². The Labute approximate surface area is 256 Å². The molecule has 2 saturated carbocycles. The number of hydrogen-bond donors (Lipinski definition) is 2. The summed E-state index contributed by atoms with van der Waals surface area (Å²) in [4.78, 5) is 19.4. The van der Waals surface area contributed by atoms with E-state index in [0.29, 0.717) is 36.1 Å². The van der Waals surface area contributed by atoms with E-state index < -0.39 is 23.8 Å². The highest BCUT2D eigenvalue weighted by Gasteiger charge is 2.45. The second-order valence-electron chi connectivity index (χ2n) is 11.6. The highest BCUT2D eigenvalue weighted by molar-refractivity contribution is 6.30. The summed E-state index contributed by atoms with van der Waals surface area (Å²) in [7, 11) is 0. The molecule has 1 aromatic heterocycles. The third kappa shape index (κ3) is 6.76. The van der Waals surface area contributed by atoms with Crippen molar-refractivity contribution >= 4 is 17.5 Å². The summed E-state index contributed by atoms with van der Waals surface area (Å²) in [6.45, 7) is 1.98. The smallest absolute Gasteiger partial charge is 0.257 e. The lowest BCUT2D eigenvalue weighted by atomic mass is 9.71. The van der Waals surface area contributed by atoms with Gasteiger partial charge >= 0.3 is 0 Å². The Hall–Kier alpha value is -3.35. The number of benzene rings is 2. The van der Waals surface area contributed by atoms with E-state index >= 15 is 4.39 Å². The van der Waals surface area contributed by atoms with Crippen molar-refractivity contribution in [3.05, 3.63) is 99.6 Å². The summed E-state index contributed by atoms with van der Waals surface area (Å²) in [6.07, 6.45) is 6.00. The van der Waals surface area contributed by atoms with Gasteiger partial charge in [0, 0.05) is 16.8 Å². The number of hydrogen-bond acceptors (Lipinski definition) is 6. The van der Waals surface area contributed by atoms with Crippen molar-refractivity contribution in [1.82, 2.24) is 9.88 Å². The topological polar surface area (TPSA) is 107 Å². The van der Waals surface area contributed by atoms with E-state index in [0.717, 1.165) is 37.1 Å². The fraction of sp³-hybridized carbons (Fsp3) is 0.441. The van der Waals surface area contributed by atoms with Crippen LogP contribution in [0, 0.1) is 23.1 Å². The van der Waals surface area contributed by atoms with Gasteiger partial charge in [0.1, 0.15) is 11.9 Å². The minimum absolute atomic E-state index is 0.0210. The fourth-order valence-electron chi connectivity index (χ4n) is 6.32. The Kier molecular flexibility index (Phi) is 9.78. The Bertz CT molecular complexity index is 1450. The minimum Gasteiger partial charge on any atom is -0.393 e. The molecule has 2 atom stereocenters. The van der Waals surface area contributed by atoms with Gasteiger partial charge in [-0.2, -0.15) is 5.26 Å². The predicted octanol–water partition coefficient (Wildman–Crippen LogP) is 6.80. The number of aliphatic hydroxyl groups excluding tert-OH is 1. The maximum absolute atomic E-state index is 15.8. The molecule has 0 saturated heterocycles. The first kappa shape index (κ1) is 31.1. The van der Waals surface area contributed by atoms with Gasteiger partial charge in [-0.25, -0.2) is 4.39 Å². The number of nitriles is 1. The van der Waals surface area contributed by atoms with Crippen LogP contribution >= 0.6 is 11.6 Å². The van der Waals surface area contributed by atoms with Crippen LogP contribution in [0.3, 0.4) is 0 Å². The Morgan fingerprint density at radius 2 is 1.86 bits per heavy atom. The summed E-state index contributed by atoms with van der Waals surface area (Å²) in [5.41, 5.74) is 0.561. The summed E-state index contributed by atoms with van der Waals surface area (Å²) in [5, 5.41) is 31.3. The number of fused-ring (bicyclic) bond motifs is 1. The maximum atomic E-state index is 15.8. The highest BCUT2D eigenvalue weighted by Crippen LogP contribution is 2.46. The molecule has 0 bridgehead atoms. The molecule has 0 spiro atoms. The van der Waals surface area contributed by atoms with Crippen molar-refractivity contribution < 1.29 is 24.1 Å². The van der Waals surface area contributed by atoms with E-state index in [4.69, 9.17) is 21.6 Å². The van der Waals surface area contributed by atoms with E-state index in [1.54, 1.807) is 18.2 Å². The van der Waals surface area contributed by atoms with Gasteiger partial charge in [0.05, 0.1) is 41.2 Å². The first-order valence-corrected chi connectivity index (χ1v) is 15.4. The number of carbonyl (C=O) groups is 1. The van der Waals surface area contributed by atoms with Gasteiger partial charge in [-0.05, 0) is 80.0 Å². The zero-order valence-electron chi connectivity index (χ0n) is 24.3. The van der Waals surface area contributed by atoms with Crippen molar-refractivity contribution in [2.24, 2.45) is 5.92 Å². The summed E-state index contributed by atoms with van der Waals surface area (Å²) >= 11 is 5.54. The number of halogens is 2. The number of carbonyl (C=O) groups excluding carboxylic acids is 1. The fourth-order valence-corrected chi connectivity index (χ4v) is 6.47. The van der Waals surface area contributed by atoms with Crippen LogP contribution in [0.15, 0.2) is 60.8 Å². The van der Waals surface area contributed by atoms with Crippen molar-refractivity contribution in [3.63, 3.8) is 0 Å². The van der Waals surface area contributed by atoms with E-state index in [2.05, 4.69) is 4.98 Å². The van der Waals surface area contributed by atoms with Gasteiger partial charge in [-0.1, -0.05) is 56.0 Å². The number of rotatable bonds is 7. The number of aliphatic hydroxyl groups is 2. The molecule has 9 heteroatoms. The van der Waals surface area contributed by atoms with Crippen LogP contribution in [0.4, 0.5) is 4.39 Å². The van der Waals surface area contributed by atoms with Crippen molar-refractivity contribution in [1.29, 1.82) is 5.26 Å². The molecule has 2 aliphatic carbocycles. The Balaban J connectivity index is 0.000000463. The summed E-state index contributed by atoms with van der Waals surface area (Å²) in [6, 6.07) is 17.8. The zero-order valence-corrected chi connectivity index (χ0v) is 25.0. The number of ether oxygens (including phenoxy) is 1. The van der Waals surface area contributed by atoms with Crippen LogP contribution in [0.5, 0.6) is 0 Å². The lowest BCUT2D eigenvalue weighted by Gasteiger charge is -2.38. The molecule has 2 aromatic carbocycles. The van der Waals surface area contributed by atoms with E-state index in [1.807, 2.05) is 43.3 Å². The molecule has 226 valence electrons.